The van der Waals surface area contributed by atoms with Crippen LogP contribution in [0.3, 0.4) is 0 Å². The van der Waals surface area contributed by atoms with Crippen molar-refractivity contribution in [3.8, 4) is 6.07 Å². The van der Waals surface area contributed by atoms with E-state index in [1.807, 2.05) is 19.9 Å². The van der Waals surface area contributed by atoms with Gasteiger partial charge in [0.05, 0.1) is 18.2 Å². The van der Waals surface area contributed by atoms with Crippen LogP contribution in [0, 0.1) is 17.1 Å². The van der Waals surface area contributed by atoms with Gasteiger partial charge in [0.15, 0.2) is 0 Å². The summed E-state index contributed by atoms with van der Waals surface area (Å²) in [6.45, 7) is 4.28. The summed E-state index contributed by atoms with van der Waals surface area (Å²) in [6, 6.07) is 6.28. The van der Waals surface area contributed by atoms with E-state index in [9.17, 15) is 9.50 Å². The Balaban J connectivity index is 2.82. The smallest absolute Gasteiger partial charge is 0.127 e. The monoisotopic (exact) mass is 250 g/mol. The number of halogens is 1. The Morgan fingerprint density at radius 2 is 2.06 bits per heavy atom. The minimum Gasteiger partial charge on any atom is -0.394 e. The predicted octanol–water partition coefficient (Wildman–Crippen LogP) is 2.34. The van der Waals surface area contributed by atoms with E-state index < -0.39 is 0 Å². The van der Waals surface area contributed by atoms with Gasteiger partial charge in [-0.15, -0.1) is 0 Å². The lowest BCUT2D eigenvalue weighted by Crippen LogP contribution is -2.47. The molecule has 0 aromatic heterocycles. The number of hydrogen-bond acceptors (Lipinski definition) is 3. The Morgan fingerprint density at radius 3 is 2.56 bits per heavy atom. The highest BCUT2D eigenvalue weighted by atomic mass is 19.1. The van der Waals surface area contributed by atoms with Gasteiger partial charge >= 0.3 is 0 Å². The Hall–Kier alpha value is -1.44. The fourth-order valence-electron chi connectivity index (χ4n) is 1.84. The minimum atomic E-state index is -0.380. The maximum atomic E-state index is 13.6. The quantitative estimate of drug-likeness (QED) is 0.814. The van der Waals surface area contributed by atoms with Gasteiger partial charge < -0.3 is 10.4 Å². The van der Waals surface area contributed by atoms with Crippen molar-refractivity contribution in [2.45, 2.75) is 38.8 Å². The van der Waals surface area contributed by atoms with E-state index in [4.69, 9.17) is 5.26 Å². The number of nitrogens with zero attached hydrogens (tertiary/aromatic N) is 1. The first-order chi connectivity index (χ1) is 8.60. The second-order valence-corrected chi connectivity index (χ2v) is 4.42. The van der Waals surface area contributed by atoms with Gasteiger partial charge in [-0.3, -0.25) is 0 Å². The fourth-order valence-corrected chi connectivity index (χ4v) is 1.84. The largest absolute Gasteiger partial charge is 0.394 e. The highest BCUT2D eigenvalue weighted by Gasteiger charge is 2.24. The molecule has 0 unspecified atom stereocenters. The first-order valence-corrected chi connectivity index (χ1v) is 6.15. The summed E-state index contributed by atoms with van der Waals surface area (Å²) in [5.74, 6) is -0.333. The zero-order valence-electron chi connectivity index (χ0n) is 10.8. The average Bonchev–Trinajstić information content (AvgIpc) is 2.42. The molecule has 0 spiro atoms. The van der Waals surface area contributed by atoms with Crippen molar-refractivity contribution in [3.05, 3.63) is 35.1 Å². The van der Waals surface area contributed by atoms with Gasteiger partial charge in [-0.05, 0) is 31.0 Å². The minimum absolute atomic E-state index is 0.0135. The molecule has 0 bridgehead atoms. The highest BCUT2D eigenvalue weighted by molar-refractivity contribution is 5.33. The van der Waals surface area contributed by atoms with Crippen LogP contribution < -0.4 is 5.32 Å². The van der Waals surface area contributed by atoms with Crippen molar-refractivity contribution >= 4 is 0 Å². The molecule has 0 atom stereocenters. The third-order valence-corrected chi connectivity index (χ3v) is 3.48. The van der Waals surface area contributed by atoms with Crippen LogP contribution in [0.25, 0.3) is 0 Å². The molecule has 0 aliphatic rings. The molecule has 4 heteroatoms. The Bertz CT molecular complexity index is 428. The van der Waals surface area contributed by atoms with Gasteiger partial charge in [0, 0.05) is 17.6 Å². The van der Waals surface area contributed by atoms with Crippen LogP contribution in [-0.2, 0) is 6.54 Å². The molecular weight excluding hydrogens is 231 g/mol. The molecule has 2 N–H and O–H groups in total. The van der Waals surface area contributed by atoms with Crippen LogP contribution in [0.1, 0.15) is 37.8 Å². The molecule has 1 aromatic rings. The van der Waals surface area contributed by atoms with Crippen molar-refractivity contribution in [2.75, 3.05) is 6.61 Å². The van der Waals surface area contributed by atoms with Crippen LogP contribution in [0.5, 0.6) is 0 Å². The zero-order valence-corrected chi connectivity index (χ0v) is 10.8. The SMILES string of the molecule is CCC(CC)(CO)NCc1cc(C#N)ccc1F. The molecule has 0 heterocycles. The molecule has 1 aromatic carbocycles. The summed E-state index contributed by atoms with van der Waals surface area (Å²) in [7, 11) is 0. The van der Waals surface area contributed by atoms with Crippen molar-refractivity contribution < 1.29 is 9.50 Å². The standard InChI is InChI=1S/C14H19FN2O/c1-3-14(4-2,10-18)17-9-12-7-11(8-16)5-6-13(12)15/h5-7,17-18H,3-4,9-10H2,1-2H3. The number of nitrogens with one attached hydrogen (secondary N) is 1. The number of benzene rings is 1. The van der Waals surface area contributed by atoms with E-state index >= 15 is 0 Å². The van der Waals surface area contributed by atoms with E-state index in [0.29, 0.717) is 17.7 Å². The number of nitriles is 1. The number of rotatable bonds is 6. The highest BCUT2D eigenvalue weighted by Crippen LogP contribution is 2.17. The molecule has 0 fully saturated rings. The topological polar surface area (TPSA) is 56.0 Å². The summed E-state index contributed by atoms with van der Waals surface area (Å²) >= 11 is 0. The van der Waals surface area contributed by atoms with Gasteiger partial charge in [0.1, 0.15) is 5.82 Å². The molecule has 0 saturated heterocycles. The Labute approximate surface area is 107 Å². The van der Waals surface area contributed by atoms with E-state index in [-0.39, 0.29) is 18.0 Å². The maximum Gasteiger partial charge on any atom is 0.127 e. The molecule has 0 amide bonds. The molecule has 18 heavy (non-hydrogen) atoms. The van der Waals surface area contributed by atoms with Crippen molar-refractivity contribution in [1.82, 2.24) is 5.32 Å². The van der Waals surface area contributed by atoms with Crippen LogP contribution in [0.2, 0.25) is 0 Å². The summed E-state index contributed by atoms with van der Waals surface area (Å²) in [5, 5.41) is 21.4. The number of aliphatic hydroxyl groups is 1. The second-order valence-electron chi connectivity index (χ2n) is 4.42. The van der Waals surface area contributed by atoms with Crippen molar-refractivity contribution in [3.63, 3.8) is 0 Å². The molecule has 1 rings (SSSR count). The summed E-state index contributed by atoms with van der Waals surface area (Å²) in [4.78, 5) is 0. The molecule has 0 radical (unpaired) electrons. The second kappa shape index (κ2) is 6.48. The lowest BCUT2D eigenvalue weighted by atomic mass is 9.93. The van der Waals surface area contributed by atoms with Gasteiger partial charge in [0.2, 0.25) is 0 Å². The summed E-state index contributed by atoms with van der Waals surface area (Å²) < 4.78 is 13.6. The van der Waals surface area contributed by atoms with Crippen LogP contribution in [0.15, 0.2) is 18.2 Å². The first-order valence-electron chi connectivity index (χ1n) is 6.15. The van der Waals surface area contributed by atoms with E-state index in [0.717, 1.165) is 12.8 Å². The average molecular weight is 250 g/mol. The normalized spacial score (nSPS) is 11.3. The van der Waals surface area contributed by atoms with Crippen LogP contribution in [-0.4, -0.2) is 17.3 Å². The molecule has 0 saturated carbocycles. The summed E-state index contributed by atoms with van der Waals surface area (Å²) in [5.41, 5.74) is 0.513. The molecular formula is C14H19FN2O. The first kappa shape index (κ1) is 14.6. The third kappa shape index (κ3) is 3.28. The predicted molar refractivity (Wildman–Crippen MR) is 68.4 cm³/mol. The lowest BCUT2D eigenvalue weighted by molar-refractivity contribution is 0.149. The molecule has 98 valence electrons. The Morgan fingerprint density at radius 1 is 1.39 bits per heavy atom. The number of hydrogen-bond donors (Lipinski definition) is 2. The van der Waals surface area contributed by atoms with E-state index in [2.05, 4.69) is 5.32 Å². The molecule has 0 aliphatic heterocycles. The zero-order chi connectivity index (χ0) is 13.6. The van der Waals surface area contributed by atoms with E-state index in [1.54, 1.807) is 0 Å². The van der Waals surface area contributed by atoms with Crippen LogP contribution >= 0.6 is 0 Å². The Kier molecular flexibility index (Phi) is 5.26. The fraction of sp³-hybridized carbons (Fsp3) is 0.500. The van der Waals surface area contributed by atoms with Gasteiger partial charge in [0.25, 0.3) is 0 Å². The van der Waals surface area contributed by atoms with Crippen LogP contribution in [0.4, 0.5) is 4.39 Å². The third-order valence-electron chi connectivity index (χ3n) is 3.48. The summed E-state index contributed by atoms with van der Waals surface area (Å²) in [6.07, 6.45) is 1.53. The number of aliphatic hydroxyl groups excluding tert-OH is 1. The molecule has 0 aliphatic carbocycles. The lowest BCUT2D eigenvalue weighted by Gasteiger charge is -2.31. The molecule has 3 nitrogen and oxygen atoms in total. The van der Waals surface area contributed by atoms with Gasteiger partial charge in [-0.1, -0.05) is 13.8 Å². The van der Waals surface area contributed by atoms with E-state index in [1.165, 1.54) is 18.2 Å². The van der Waals surface area contributed by atoms with Gasteiger partial charge in [-0.25, -0.2) is 4.39 Å². The van der Waals surface area contributed by atoms with Crippen molar-refractivity contribution in [1.29, 1.82) is 5.26 Å². The van der Waals surface area contributed by atoms with Gasteiger partial charge in [-0.2, -0.15) is 5.26 Å². The van der Waals surface area contributed by atoms with Crippen molar-refractivity contribution in [2.24, 2.45) is 0 Å². The maximum absolute atomic E-state index is 13.6.